The molecule has 0 radical (unpaired) electrons. The lowest BCUT2D eigenvalue weighted by Gasteiger charge is -2.10. The van der Waals surface area contributed by atoms with Crippen molar-refractivity contribution in [3.8, 4) is 11.5 Å². The molecule has 29 heavy (non-hydrogen) atoms. The summed E-state index contributed by atoms with van der Waals surface area (Å²) in [5.41, 5.74) is 1.73. The number of rotatable bonds is 5. The number of quaternary nitrogens is 1. The number of guanidine groups is 1. The predicted molar refractivity (Wildman–Crippen MR) is 105 cm³/mol. The quantitative estimate of drug-likeness (QED) is 0.497. The number of benzene rings is 2. The number of aliphatic imine (C=N–C) groups is 2. The smallest absolute Gasteiger partial charge is 0.333 e. The summed E-state index contributed by atoms with van der Waals surface area (Å²) in [6.07, 6.45) is 2.66. The van der Waals surface area contributed by atoms with Crippen LogP contribution in [0.3, 0.4) is 0 Å². The lowest BCUT2D eigenvalue weighted by Crippen LogP contribution is -2.86. The van der Waals surface area contributed by atoms with Crippen molar-refractivity contribution in [1.82, 2.24) is 10.2 Å². The molecular formula is C19H13F2N6OS+. The monoisotopic (exact) mass is 411 g/mol. The van der Waals surface area contributed by atoms with E-state index >= 15 is 0 Å². The Kier molecular flexibility index (Phi) is 5.36. The molecule has 10 heteroatoms. The first kappa shape index (κ1) is 18.8. The largest absolute Gasteiger partial charge is 0.411 e. The second kappa shape index (κ2) is 8.25. The Hall–Kier alpha value is -3.50. The Balaban J connectivity index is 1.60. The third-order valence-electron chi connectivity index (χ3n) is 3.81. The molecule has 0 atom stereocenters. The second-order valence-electron chi connectivity index (χ2n) is 5.80. The van der Waals surface area contributed by atoms with Crippen LogP contribution in [0.1, 0.15) is 5.56 Å². The molecule has 1 aliphatic rings. The summed E-state index contributed by atoms with van der Waals surface area (Å²) in [6, 6.07) is 11.8. The molecule has 4 rings (SSSR count). The van der Waals surface area contributed by atoms with Gasteiger partial charge in [-0.2, -0.15) is 9.98 Å². The summed E-state index contributed by atoms with van der Waals surface area (Å²) < 4.78 is 32.2. The van der Waals surface area contributed by atoms with Crippen molar-refractivity contribution in [3.05, 3.63) is 76.8 Å². The van der Waals surface area contributed by atoms with Crippen molar-refractivity contribution in [2.24, 2.45) is 9.98 Å². The molecule has 1 aliphatic heterocycles. The highest BCUT2D eigenvalue weighted by molar-refractivity contribution is 8.02. The Morgan fingerprint density at radius 3 is 2.62 bits per heavy atom. The summed E-state index contributed by atoms with van der Waals surface area (Å²) in [5, 5.41) is 17.7. The van der Waals surface area contributed by atoms with Gasteiger partial charge in [0.15, 0.2) is 5.03 Å². The van der Waals surface area contributed by atoms with Gasteiger partial charge < -0.3 is 4.42 Å². The Bertz CT molecular complexity index is 1150. The Morgan fingerprint density at radius 2 is 1.86 bits per heavy atom. The number of nitrogens with one attached hydrogen (secondary N) is 1. The van der Waals surface area contributed by atoms with Crippen molar-refractivity contribution in [3.63, 3.8) is 0 Å². The number of nitrogens with zero attached hydrogens (tertiary/aromatic N) is 4. The van der Waals surface area contributed by atoms with E-state index in [1.54, 1.807) is 35.7 Å². The molecule has 0 unspecified atom stereocenters. The summed E-state index contributed by atoms with van der Waals surface area (Å²) in [4.78, 5) is 8.28. The molecule has 1 aromatic heterocycles. The number of thioether (sulfide) groups is 1. The molecule has 2 heterocycles. The number of halogens is 2. The molecule has 3 aromatic rings. The summed E-state index contributed by atoms with van der Waals surface area (Å²) in [7, 11) is 0. The average Bonchev–Trinajstić information content (AvgIpc) is 3.17. The van der Waals surface area contributed by atoms with Crippen LogP contribution >= 0.6 is 11.8 Å². The maximum atomic E-state index is 13.4. The van der Waals surface area contributed by atoms with E-state index in [4.69, 9.17) is 9.83 Å². The highest BCUT2D eigenvalue weighted by atomic mass is 32.2. The fraction of sp³-hybridized carbons (Fsp3) is 0. The van der Waals surface area contributed by atoms with Gasteiger partial charge in [0.2, 0.25) is 5.89 Å². The molecule has 0 amide bonds. The third-order valence-corrected chi connectivity index (χ3v) is 4.62. The van der Waals surface area contributed by atoms with E-state index < -0.39 is 5.82 Å². The van der Waals surface area contributed by atoms with Crippen LogP contribution in [-0.2, 0) is 0 Å². The minimum Gasteiger partial charge on any atom is -0.411 e. The highest BCUT2D eigenvalue weighted by Crippen LogP contribution is 2.27. The molecule has 144 valence electrons. The molecular weight excluding hydrogens is 398 g/mol. The molecule has 3 N–H and O–H groups in total. The highest BCUT2D eigenvalue weighted by Gasteiger charge is 2.22. The van der Waals surface area contributed by atoms with Crippen LogP contribution in [0.5, 0.6) is 0 Å². The van der Waals surface area contributed by atoms with Crippen LogP contribution < -0.4 is 5.32 Å². The van der Waals surface area contributed by atoms with Crippen LogP contribution in [0.25, 0.3) is 11.5 Å². The van der Waals surface area contributed by atoms with Crippen molar-refractivity contribution >= 4 is 29.8 Å². The zero-order valence-electron chi connectivity index (χ0n) is 14.7. The van der Waals surface area contributed by atoms with Crippen LogP contribution in [0.2, 0.25) is 0 Å². The van der Waals surface area contributed by atoms with Gasteiger partial charge in [-0.3, -0.25) is 5.41 Å². The van der Waals surface area contributed by atoms with Gasteiger partial charge in [-0.1, -0.05) is 6.07 Å². The molecule has 7 nitrogen and oxygen atoms in total. The van der Waals surface area contributed by atoms with Crippen LogP contribution in [-0.4, -0.2) is 28.2 Å². The van der Waals surface area contributed by atoms with Gasteiger partial charge in [-0.15, -0.1) is 10.2 Å². The molecule has 0 saturated carbocycles. The summed E-state index contributed by atoms with van der Waals surface area (Å²) in [6.45, 7) is 0. The van der Waals surface area contributed by atoms with Gasteiger partial charge in [0, 0.05) is 29.0 Å². The Morgan fingerprint density at radius 1 is 1.03 bits per heavy atom. The van der Waals surface area contributed by atoms with Crippen LogP contribution in [0, 0.1) is 17.0 Å². The van der Waals surface area contributed by atoms with Crippen LogP contribution in [0.4, 0.5) is 8.78 Å². The van der Waals surface area contributed by atoms with E-state index in [1.807, 2.05) is 0 Å². The van der Waals surface area contributed by atoms with Gasteiger partial charge >= 0.3 is 5.96 Å². The van der Waals surface area contributed by atoms with Crippen molar-refractivity contribution in [2.75, 3.05) is 0 Å². The molecule has 0 aliphatic carbocycles. The molecule has 0 fully saturated rings. The number of hydrogen-bond donors (Lipinski definition) is 2. The standard InChI is InChI=1S/C19H12F2N6OS/c20-13-6-4-11(5-7-13)15-9-16(25-18(24-15)23-10-22)29-19-27-26-17(28-19)12-2-1-3-14(21)8-12/h1-10H,(H2,22,23,24,25)/p+1. The third kappa shape index (κ3) is 4.50. The fourth-order valence-corrected chi connectivity index (χ4v) is 3.28. The molecule has 2 aromatic carbocycles. The van der Waals surface area contributed by atoms with E-state index in [9.17, 15) is 8.78 Å². The average molecular weight is 411 g/mol. The first-order chi connectivity index (χ1) is 14.1. The van der Waals surface area contributed by atoms with E-state index in [1.165, 1.54) is 36.0 Å². The van der Waals surface area contributed by atoms with Gasteiger partial charge in [-0.05, 0) is 42.5 Å². The number of hydrogen-bond acceptors (Lipinski definition) is 5. The molecule has 0 saturated heterocycles. The van der Waals surface area contributed by atoms with Gasteiger partial charge in [0.25, 0.3) is 5.22 Å². The molecule has 0 spiro atoms. The Labute approximate surface area is 167 Å². The number of allylic oxidation sites excluding steroid dienone is 1. The van der Waals surface area contributed by atoms with Gasteiger partial charge in [-0.25, -0.2) is 14.1 Å². The molecule has 0 bridgehead atoms. The second-order valence-corrected chi connectivity index (χ2v) is 6.82. The zero-order valence-corrected chi connectivity index (χ0v) is 15.5. The maximum absolute atomic E-state index is 13.4. The van der Waals surface area contributed by atoms with Crippen molar-refractivity contribution in [2.45, 2.75) is 5.22 Å². The minimum atomic E-state index is -0.397. The lowest BCUT2D eigenvalue weighted by molar-refractivity contribution is -0.472. The zero-order chi connectivity index (χ0) is 20.2. The lowest BCUT2D eigenvalue weighted by atomic mass is 10.1. The first-order valence-corrected chi connectivity index (χ1v) is 9.17. The van der Waals surface area contributed by atoms with Crippen molar-refractivity contribution in [1.29, 1.82) is 5.41 Å². The van der Waals surface area contributed by atoms with E-state index in [0.29, 0.717) is 27.8 Å². The minimum absolute atomic E-state index is 0.198. The first-order valence-electron chi connectivity index (χ1n) is 8.36. The number of aromatic nitrogens is 2. The summed E-state index contributed by atoms with van der Waals surface area (Å²) >= 11 is 1.18. The van der Waals surface area contributed by atoms with E-state index in [-0.39, 0.29) is 16.9 Å². The van der Waals surface area contributed by atoms with Gasteiger partial charge in [0.05, 0.1) is 5.71 Å². The summed E-state index contributed by atoms with van der Waals surface area (Å²) in [5.74, 6) is -0.233. The maximum Gasteiger partial charge on any atom is 0.333 e. The number of nitrogens with two attached hydrogens (primary N) is 1. The van der Waals surface area contributed by atoms with E-state index in [2.05, 4.69) is 20.2 Å². The fourth-order valence-electron chi connectivity index (χ4n) is 2.54. The van der Waals surface area contributed by atoms with Gasteiger partial charge in [0.1, 0.15) is 18.0 Å². The normalized spacial score (nSPS) is 15.2. The van der Waals surface area contributed by atoms with Crippen molar-refractivity contribution < 1.29 is 18.5 Å². The predicted octanol–water partition coefficient (Wildman–Crippen LogP) is 2.98. The topological polar surface area (TPSA) is 104 Å². The van der Waals surface area contributed by atoms with E-state index in [0.717, 1.165) is 6.34 Å². The SMILES string of the molecule is N=CN=C1N=C(c2ccc(F)cc2)C=C(Sc2nnc(-c3cccc(F)c3)o2)[NH2+]1. The van der Waals surface area contributed by atoms with Crippen LogP contribution in [0.15, 0.2) is 79.3 Å².